The third-order valence-corrected chi connectivity index (χ3v) is 8.64. The van der Waals surface area contributed by atoms with Crippen LogP contribution in [0.4, 0.5) is 48.3 Å². The smallest absolute Gasteiger partial charge is 0.422 e. The number of hydrogen-bond donors (Lipinski definition) is 0. The van der Waals surface area contributed by atoms with E-state index >= 15 is 8.78 Å². The quantitative estimate of drug-likeness (QED) is 0.199. The van der Waals surface area contributed by atoms with Crippen molar-refractivity contribution in [2.24, 2.45) is 23.7 Å². The van der Waals surface area contributed by atoms with Gasteiger partial charge in [0, 0.05) is 24.0 Å². The van der Waals surface area contributed by atoms with Gasteiger partial charge in [0.05, 0.1) is 19.1 Å². The Morgan fingerprint density at radius 3 is 1.86 bits per heavy atom. The van der Waals surface area contributed by atoms with E-state index in [2.05, 4.69) is 4.74 Å². The Balaban J connectivity index is 1.32. The van der Waals surface area contributed by atoms with Crippen LogP contribution in [0.2, 0.25) is 0 Å². The largest absolute Gasteiger partial charge is 0.432 e. The summed E-state index contributed by atoms with van der Waals surface area (Å²) in [6.45, 7) is 1.71. The average molecular weight is 639 g/mol. The van der Waals surface area contributed by atoms with Gasteiger partial charge in [-0.15, -0.1) is 0 Å². The second-order valence-corrected chi connectivity index (χ2v) is 11.6. The van der Waals surface area contributed by atoms with E-state index in [9.17, 15) is 39.5 Å². The Kier molecular flexibility index (Phi) is 10.0. The number of alkyl halides is 9. The number of halogens is 11. The fourth-order valence-electron chi connectivity index (χ4n) is 6.23. The molecule has 0 bridgehead atoms. The van der Waals surface area contributed by atoms with E-state index in [-0.39, 0.29) is 82.1 Å². The normalized spacial score (nSPS) is 28.0. The minimum absolute atomic E-state index is 0.0453. The van der Waals surface area contributed by atoms with E-state index in [1.54, 1.807) is 0 Å². The highest BCUT2D eigenvalue weighted by atomic mass is 19.4. The van der Waals surface area contributed by atoms with Crippen molar-refractivity contribution in [2.75, 3.05) is 13.2 Å². The molecule has 1 atom stereocenters. The van der Waals surface area contributed by atoms with Crippen molar-refractivity contribution < 1.29 is 62.5 Å². The number of benzene rings is 1. The lowest BCUT2D eigenvalue weighted by Gasteiger charge is -2.41. The van der Waals surface area contributed by atoms with Gasteiger partial charge < -0.3 is 14.2 Å². The third-order valence-electron chi connectivity index (χ3n) is 8.64. The molecule has 0 amide bonds. The Labute approximate surface area is 241 Å². The molecule has 14 heteroatoms. The zero-order valence-corrected chi connectivity index (χ0v) is 23.3. The molecule has 3 aliphatic rings. The van der Waals surface area contributed by atoms with Gasteiger partial charge in [0.2, 0.25) is 6.29 Å². The molecule has 0 radical (unpaired) electrons. The van der Waals surface area contributed by atoms with Gasteiger partial charge >= 0.3 is 24.1 Å². The van der Waals surface area contributed by atoms with E-state index in [4.69, 9.17) is 9.47 Å². The molecule has 1 unspecified atom stereocenters. The Hall–Kier alpha value is -2.09. The maximum absolute atomic E-state index is 15.0. The summed E-state index contributed by atoms with van der Waals surface area (Å²) in [6, 6.07) is 0.0907. The third kappa shape index (κ3) is 7.26. The summed E-state index contributed by atoms with van der Waals surface area (Å²) in [5, 5.41) is 0. The first-order chi connectivity index (χ1) is 20.0. The predicted octanol–water partition coefficient (Wildman–Crippen LogP) is 9.55. The van der Waals surface area contributed by atoms with Crippen molar-refractivity contribution in [1.82, 2.24) is 0 Å². The van der Waals surface area contributed by atoms with Crippen LogP contribution in [0.15, 0.2) is 23.8 Å². The van der Waals surface area contributed by atoms with Crippen LogP contribution in [0, 0.1) is 35.3 Å². The fraction of sp³-hybridized carbons (Fsp3) is 0.724. The maximum Gasteiger partial charge on any atom is 0.422 e. The molecule has 3 nitrogen and oxygen atoms in total. The van der Waals surface area contributed by atoms with Crippen molar-refractivity contribution in [3.05, 3.63) is 41.0 Å². The van der Waals surface area contributed by atoms with Gasteiger partial charge in [0.15, 0.2) is 0 Å². The van der Waals surface area contributed by atoms with Gasteiger partial charge in [-0.25, -0.2) is 8.78 Å². The van der Waals surface area contributed by atoms with E-state index in [0.29, 0.717) is 12.0 Å². The van der Waals surface area contributed by atoms with Crippen molar-refractivity contribution in [3.8, 4) is 5.75 Å². The van der Waals surface area contributed by atoms with Crippen molar-refractivity contribution in [2.45, 2.75) is 95.1 Å². The zero-order chi connectivity index (χ0) is 31.8. The molecule has 1 aliphatic heterocycles. The van der Waals surface area contributed by atoms with E-state index in [1.165, 1.54) is 6.08 Å². The second kappa shape index (κ2) is 12.7. The van der Waals surface area contributed by atoms with Crippen molar-refractivity contribution >= 4 is 0 Å². The standard InChI is InChI=1S/C29H33F11O3/c1-2-3-16-14-41-25(42-15-16)27(34,35)26(32,33)19-8-4-17(5-9-19)18-6-10-20(11-7-18)29(39,40)43-21-12-22(30)24(23(31)13-21)28(36,37)38/h4,12-13,16,18-20,25H,2-3,5-11,14-15H2,1H3. The molecule has 0 spiro atoms. The summed E-state index contributed by atoms with van der Waals surface area (Å²) in [7, 11) is 0. The molecule has 0 N–H and O–H groups in total. The highest BCUT2D eigenvalue weighted by molar-refractivity contribution is 5.32. The average Bonchev–Trinajstić information content (AvgIpc) is 2.92. The molecule has 0 aromatic heterocycles. The summed E-state index contributed by atoms with van der Waals surface area (Å²) in [6.07, 6.45) is -9.17. The summed E-state index contributed by atoms with van der Waals surface area (Å²) in [5.74, 6) is -17.7. The van der Waals surface area contributed by atoms with Gasteiger partial charge in [-0.1, -0.05) is 25.0 Å². The molecule has 1 saturated heterocycles. The molecule has 1 aromatic rings. The van der Waals surface area contributed by atoms with Crippen LogP contribution in [-0.4, -0.2) is 37.5 Å². The Morgan fingerprint density at radius 1 is 0.791 bits per heavy atom. The highest BCUT2D eigenvalue weighted by Gasteiger charge is 2.66. The first-order valence-corrected chi connectivity index (χ1v) is 14.3. The molecule has 244 valence electrons. The van der Waals surface area contributed by atoms with Crippen molar-refractivity contribution in [3.63, 3.8) is 0 Å². The minimum Gasteiger partial charge on any atom is -0.432 e. The number of allylic oxidation sites excluding steroid dienone is 2. The van der Waals surface area contributed by atoms with Gasteiger partial charge in [0.25, 0.3) is 0 Å². The minimum atomic E-state index is -5.37. The molecule has 2 fully saturated rings. The van der Waals surface area contributed by atoms with Crippen LogP contribution in [0.3, 0.4) is 0 Å². The summed E-state index contributed by atoms with van der Waals surface area (Å²) >= 11 is 0. The van der Waals surface area contributed by atoms with E-state index in [0.717, 1.165) is 6.42 Å². The van der Waals surface area contributed by atoms with Crippen LogP contribution in [-0.2, 0) is 15.7 Å². The van der Waals surface area contributed by atoms with E-state index < -0.39 is 65.2 Å². The van der Waals surface area contributed by atoms with E-state index in [1.807, 2.05) is 6.92 Å². The molecule has 4 rings (SSSR count). The van der Waals surface area contributed by atoms with Gasteiger partial charge in [0.1, 0.15) is 22.9 Å². The molecular weight excluding hydrogens is 605 g/mol. The van der Waals surface area contributed by atoms with Gasteiger partial charge in [-0.2, -0.15) is 39.5 Å². The lowest BCUT2D eigenvalue weighted by atomic mass is 9.73. The SMILES string of the molecule is CCCC1COC(C(F)(F)C(F)(F)C2CC=C(C3CCC(C(F)(F)Oc4cc(F)c(C(F)(F)F)c(F)c4)CC3)CC2)OC1. The van der Waals surface area contributed by atoms with Crippen LogP contribution in [0.1, 0.15) is 70.3 Å². The number of rotatable bonds is 9. The Morgan fingerprint density at radius 2 is 1.37 bits per heavy atom. The number of ether oxygens (including phenoxy) is 3. The molecule has 1 saturated carbocycles. The molecule has 1 heterocycles. The van der Waals surface area contributed by atoms with Crippen LogP contribution in [0.25, 0.3) is 0 Å². The molecule has 43 heavy (non-hydrogen) atoms. The first kappa shape index (κ1) is 33.8. The molecule has 2 aliphatic carbocycles. The first-order valence-electron chi connectivity index (χ1n) is 14.3. The summed E-state index contributed by atoms with van der Waals surface area (Å²) in [5.41, 5.74) is -1.51. The monoisotopic (exact) mass is 638 g/mol. The number of hydrogen-bond acceptors (Lipinski definition) is 3. The van der Waals surface area contributed by atoms with Gasteiger partial charge in [-0.3, -0.25) is 0 Å². The van der Waals surface area contributed by atoms with Crippen LogP contribution >= 0.6 is 0 Å². The van der Waals surface area contributed by atoms with Crippen LogP contribution in [0.5, 0.6) is 5.75 Å². The van der Waals surface area contributed by atoms with Crippen LogP contribution < -0.4 is 4.74 Å². The maximum atomic E-state index is 15.0. The second-order valence-electron chi connectivity index (χ2n) is 11.6. The topological polar surface area (TPSA) is 27.7 Å². The lowest BCUT2D eigenvalue weighted by Crippen LogP contribution is -2.57. The lowest BCUT2D eigenvalue weighted by molar-refractivity contribution is -0.358. The Bertz CT molecular complexity index is 1110. The van der Waals surface area contributed by atoms with Gasteiger partial charge in [-0.05, 0) is 57.3 Å². The summed E-state index contributed by atoms with van der Waals surface area (Å²) in [4.78, 5) is 0. The highest BCUT2D eigenvalue weighted by Crippen LogP contribution is 2.51. The molecular formula is C29H33F11O3. The molecule has 1 aromatic carbocycles. The van der Waals surface area contributed by atoms with Crippen molar-refractivity contribution in [1.29, 1.82) is 0 Å². The fourth-order valence-corrected chi connectivity index (χ4v) is 6.23. The summed E-state index contributed by atoms with van der Waals surface area (Å²) < 4.78 is 170. The predicted molar refractivity (Wildman–Crippen MR) is 132 cm³/mol. The zero-order valence-electron chi connectivity index (χ0n) is 23.3.